The Morgan fingerprint density at radius 3 is 1.50 bits per heavy atom. The van der Waals surface area contributed by atoms with Crippen molar-refractivity contribution in [1.82, 2.24) is 4.57 Å². The van der Waals surface area contributed by atoms with Crippen molar-refractivity contribution >= 4 is 60.4 Å². The van der Waals surface area contributed by atoms with Crippen LogP contribution in [0.25, 0.3) is 82.4 Å². The maximum atomic E-state index is 8.92. The van der Waals surface area contributed by atoms with Gasteiger partial charge in [-0.15, -0.1) is 0 Å². The van der Waals surface area contributed by atoms with E-state index in [2.05, 4.69) is 169 Å². The Bertz CT molecular complexity index is 3410. The van der Waals surface area contributed by atoms with Gasteiger partial charge < -0.3 is 9.47 Å². The Hall–Kier alpha value is -7.68. The molecular weight excluding hydrogens is 701 g/mol. The number of anilines is 3. The van der Waals surface area contributed by atoms with E-state index in [1.54, 1.807) is 0 Å². The molecule has 0 aliphatic rings. The van der Waals surface area contributed by atoms with Gasteiger partial charge >= 0.3 is 0 Å². The van der Waals surface area contributed by atoms with Crippen LogP contribution in [0.2, 0.25) is 0 Å². The van der Waals surface area contributed by atoms with E-state index < -0.39 is 6.04 Å². The maximum absolute atomic E-state index is 8.92. The molecule has 2 nitrogen and oxygen atoms in total. The lowest BCUT2D eigenvalue weighted by atomic mass is 9.97. The minimum atomic E-state index is -0.414. The summed E-state index contributed by atoms with van der Waals surface area (Å²) in [6.45, 7) is 0. The topological polar surface area (TPSA) is 8.17 Å². The Balaban J connectivity index is 1.07. The third-order valence-corrected chi connectivity index (χ3v) is 11.3. The summed E-state index contributed by atoms with van der Waals surface area (Å²) in [6, 6.07) is 68.3. The minimum absolute atomic E-state index is 0.128. The first-order valence-corrected chi connectivity index (χ1v) is 19.5. The molecule has 11 aromatic rings. The van der Waals surface area contributed by atoms with E-state index in [1.165, 1.54) is 32.7 Å². The van der Waals surface area contributed by atoms with E-state index in [-0.39, 0.29) is 29.9 Å². The fourth-order valence-electron chi connectivity index (χ4n) is 8.65. The lowest BCUT2D eigenvalue weighted by Crippen LogP contribution is -2.10. The SMILES string of the molecule is [2H]c1c([2H])c([2H])c(-n2c3ccccc3c3c(-c4cccc(N(c5ccc(-c6cccc7ccccc67)cc5)c5ccc(-c6cccc7ccccc67)cc5)c4)cccc32)c([2H])c1[2H]. The van der Waals surface area contributed by atoms with E-state index in [4.69, 9.17) is 6.85 Å². The summed E-state index contributed by atoms with van der Waals surface area (Å²) >= 11 is 0. The van der Waals surface area contributed by atoms with Crippen LogP contribution >= 0.6 is 0 Å². The summed E-state index contributed by atoms with van der Waals surface area (Å²) in [4.78, 5) is 2.29. The van der Waals surface area contributed by atoms with E-state index >= 15 is 0 Å². The van der Waals surface area contributed by atoms with Gasteiger partial charge in [0.25, 0.3) is 0 Å². The second-order valence-corrected chi connectivity index (χ2v) is 14.6. The average molecular weight is 744 g/mol. The number of aromatic nitrogens is 1. The third kappa shape index (κ3) is 5.74. The highest BCUT2D eigenvalue weighted by molar-refractivity contribution is 6.16. The predicted molar refractivity (Wildman–Crippen MR) is 247 cm³/mol. The molecule has 10 aromatic carbocycles. The standard InChI is InChI=1S/C56H38N2/c1-2-19-44(20-3-1)58-54-28-9-8-24-53(54)56-52(27-13-29-55(56)58)43-18-10-21-47(38-43)57(45-34-30-41(31-35-45)50-25-11-16-39-14-4-6-22-48(39)50)46-36-32-42(33-37-46)51-26-12-17-40-15-5-7-23-49(40)51/h1-38H/i1D,2D,3D,19D,20D. The van der Waals surface area contributed by atoms with Gasteiger partial charge in [-0.2, -0.15) is 0 Å². The van der Waals surface area contributed by atoms with Crippen LogP contribution in [0.1, 0.15) is 6.85 Å². The molecule has 0 spiro atoms. The normalized spacial score (nSPS) is 12.7. The molecule has 1 aromatic heterocycles. The first-order valence-electron chi connectivity index (χ1n) is 22.0. The van der Waals surface area contributed by atoms with E-state index in [9.17, 15) is 0 Å². The van der Waals surface area contributed by atoms with Gasteiger partial charge in [0, 0.05) is 33.5 Å². The molecule has 0 radical (unpaired) electrons. The quantitative estimate of drug-likeness (QED) is 0.158. The number of para-hydroxylation sites is 2. The van der Waals surface area contributed by atoms with Gasteiger partial charge in [-0.05, 0) is 116 Å². The lowest BCUT2D eigenvalue weighted by molar-refractivity contribution is 1.18. The van der Waals surface area contributed by atoms with Crippen LogP contribution in [0.5, 0.6) is 0 Å². The van der Waals surface area contributed by atoms with Gasteiger partial charge in [0.2, 0.25) is 0 Å². The van der Waals surface area contributed by atoms with Gasteiger partial charge in [0.05, 0.1) is 17.9 Å². The highest BCUT2D eigenvalue weighted by Crippen LogP contribution is 2.43. The van der Waals surface area contributed by atoms with E-state index in [1.807, 2.05) is 41.0 Å². The Kier molecular flexibility index (Phi) is 6.98. The molecule has 272 valence electrons. The molecular formula is C56H38N2. The largest absolute Gasteiger partial charge is 0.310 e. The molecule has 0 saturated heterocycles. The summed E-state index contributed by atoms with van der Waals surface area (Å²) in [7, 11) is 0. The fourth-order valence-corrected chi connectivity index (χ4v) is 8.65. The van der Waals surface area contributed by atoms with Gasteiger partial charge in [-0.3, -0.25) is 0 Å². The summed E-state index contributed by atoms with van der Waals surface area (Å²) in [5, 5.41) is 6.69. The fraction of sp³-hybridized carbons (Fsp3) is 0. The van der Waals surface area contributed by atoms with Gasteiger partial charge in [0.1, 0.15) is 0 Å². The molecule has 0 bridgehead atoms. The van der Waals surface area contributed by atoms with Crippen molar-refractivity contribution in [2.45, 2.75) is 0 Å². The van der Waals surface area contributed by atoms with Crippen LogP contribution in [0.4, 0.5) is 17.1 Å². The molecule has 2 heteroatoms. The molecule has 58 heavy (non-hydrogen) atoms. The molecule has 11 rings (SSSR count). The van der Waals surface area contributed by atoms with Crippen LogP contribution < -0.4 is 4.90 Å². The van der Waals surface area contributed by atoms with Crippen molar-refractivity contribution in [3.63, 3.8) is 0 Å². The van der Waals surface area contributed by atoms with Gasteiger partial charge in [0.15, 0.2) is 0 Å². The number of nitrogens with zero attached hydrogens (tertiary/aromatic N) is 2. The average Bonchev–Trinajstić information content (AvgIpc) is 3.67. The van der Waals surface area contributed by atoms with Crippen LogP contribution in [0, 0.1) is 0 Å². The molecule has 0 fully saturated rings. The van der Waals surface area contributed by atoms with Crippen LogP contribution in [0.3, 0.4) is 0 Å². The van der Waals surface area contributed by atoms with Crippen molar-refractivity contribution < 1.29 is 6.85 Å². The van der Waals surface area contributed by atoms with Crippen molar-refractivity contribution in [3.05, 3.63) is 230 Å². The second-order valence-electron chi connectivity index (χ2n) is 14.6. The van der Waals surface area contributed by atoms with Crippen LogP contribution in [0.15, 0.2) is 230 Å². The summed E-state index contributed by atoms with van der Waals surface area (Å²) in [6.07, 6.45) is 0. The van der Waals surface area contributed by atoms with Crippen molar-refractivity contribution in [2.24, 2.45) is 0 Å². The molecule has 0 aliphatic carbocycles. The van der Waals surface area contributed by atoms with Gasteiger partial charge in [-0.1, -0.05) is 170 Å². The van der Waals surface area contributed by atoms with Crippen molar-refractivity contribution in [2.75, 3.05) is 4.90 Å². The monoisotopic (exact) mass is 743 g/mol. The zero-order valence-electron chi connectivity index (χ0n) is 36.4. The van der Waals surface area contributed by atoms with Crippen molar-refractivity contribution in [3.8, 4) is 39.1 Å². The molecule has 1 heterocycles. The molecule has 0 unspecified atom stereocenters. The van der Waals surface area contributed by atoms with Crippen LogP contribution in [-0.2, 0) is 0 Å². The summed E-state index contributed by atoms with van der Waals surface area (Å²) < 4.78 is 44.9. The smallest absolute Gasteiger partial charge is 0.0645 e. The number of hydrogen-bond acceptors (Lipinski definition) is 1. The second kappa shape index (κ2) is 14.1. The molecule has 0 aliphatic heterocycles. The van der Waals surface area contributed by atoms with E-state index in [0.29, 0.717) is 0 Å². The van der Waals surface area contributed by atoms with E-state index in [0.717, 1.165) is 61.1 Å². The summed E-state index contributed by atoms with van der Waals surface area (Å²) in [5.74, 6) is 0. The van der Waals surface area contributed by atoms with Crippen molar-refractivity contribution in [1.29, 1.82) is 0 Å². The number of hydrogen-bond donors (Lipinski definition) is 0. The number of rotatable bonds is 7. The molecule has 0 N–H and O–H groups in total. The van der Waals surface area contributed by atoms with Crippen LogP contribution in [-0.4, -0.2) is 4.57 Å². The maximum Gasteiger partial charge on any atom is 0.0645 e. The van der Waals surface area contributed by atoms with Gasteiger partial charge in [-0.25, -0.2) is 0 Å². The Morgan fingerprint density at radius 1 is 0.362 bits per heavy atom. The molecule has 0 amide bonds. The Labute approximate surface area is 345 Å². The lowest BCUT2D eigenvalue weighted by Gasteiger charge is -2.26. The number of fused-ring (bicyclic) bond motifs is 5. The highest BCUT2D eigenvalue weighted by atomic mass is 15.1. The first kappa shape index (κ1) is 28.7. The summed E-state index contributed by atoms with van der Waals surface area (Å²) in [5.41, 5.74) is 11.2. The predicted octanol–water partition coefficient (Wildman–Crippen LogP) is 15.6. The first-order chi connectivity index (χ1) is 30.9. The minimum Gasteiger partial charge on any atom is -0.310 e. The highest BCUT2D eigenvalue weighted by Gasteiger charge is 2.19. The molecule has 0 saturated carbocycles. The third-order valence-electron chi connectivity index (χ3n) is 11.3. The molecule has 0 atom stereocenters. The zero-order valence-corrected chi connectivity index (χ0v) is 31.4. The zero-order chi connectivity index (χ0) is 42.8. The Morgan fingerprint density at radius 2 is 0.862 bits per heavy atom. The number of benzene rings is 10.